The number of aromatic nitrogens is 2. The van der Waals surface area contributed by atoms with E-state index in [1.54, 1.807) is 12.3 Å². The van der Waals surface area contributed by atoms with Gasteiger partial charge in [0.15, 0.2) is 5.82 Å². The zero-order valence-electron chi connectivity index (χ0n) is 16.5. The summed E-state index contributed by atoms with van der Waals surface area (Å²) in [6.07, 6.45) is 1.82. The van der Waals surface area contributed by atoms with Crippen LogP contribution in [-0.4, -0.2) is 46.9 Å². The Labute approximate surface area is 173 Å². The van der Waals surface area contributed by atoms with Crippen molar-refractivity contribution in [3.05, 3.63) is 48.4 Å². The molecule has 1 aliphatic heterocycles. The lowest BCUT2D eigenvalue weighted by Gasteiger charge is -2.36. The third kappa shape index (κ3) is 4.89. The van der Waals surface area contributed by atoms with Crippen LogP contribution in [0.5, 0.6) is 0 Å². The Bertz CT molecular complexity index is 969. The van der Waals surface area contributed by atoms with Crippen LogP contribution >= 0.6 is 11.8 Å². The number of amides is 1. The summed E-state index contributed by atoms with van der Waals surface area (Å²) in [5.74, 6) is 1.73. The second kappa shape index (κ2) is 8.84. The molecule has 1 fully saturated rings. The molecule has 1 aliphatic rings. The van der Waals surface area contributed by atoms with Gasteiger partial charge >= 0.3 is 0 Å². The molecule has 0 saturated carbocycles. The van der Waals surface area contributed by atoms with E-state index >= 15 is 0 Å². The Morgan fingerprint density at radius 1 is 1.14 bits per heavy atom. The van der Waals surface area contributed by atoms with E-state index in [1.165, 1.54) is 11.8 Å². The molecule has 7 nitrogen and oxygen atoms in total. The van der Waals surface area contributed by atoms with Gasteiger partial charge < -0.3 is 19.4 Å². The van der Waals surface area contributed by atoms with Crippen LogP contribution in [0.25, 0.3) is 11.0 Å². The van der Waals surface area contributed by atoms with Gasteiger partial charge in [-0.2, -0.15) is 0 Å². The minimum absolute atomic E-state index is 0.0731. The van der Waals surface area contributed by atoms with E-state index in [4.69, 9.17) is 19.1 Å². The number of carbonyl (C=O) groups excluding carboxylic acids is 1. The quantitative estimate of drug-likeness (QED) is 0.623. The molecule has 1 amide bonds. The second-order valence-corrected chi connectivity index (χ2v) is 8.11. The first-order valence-corrected chi connectivity index (χ1v) is 10.7. The fourth-order valence-corrected chi connectivity index (χ4v) is 4.25. The lowest BCUT2D eigenvalue weighted by molar-refractivity contribution is -0.118. The van der Waals surface area contributed by atoms with E-state index in [0.29, 0.717) is 6.54 Å². The zero-order valence-corrected chi connectivity index (χ0v) is 17.3. The fourth-order valence-electron chi connectivity index (χ4n) is 3.41. The van der Waals surface area contributed by atoms with Crippen LogP contribution in [0.3, 0.4) is 0 Å². The SMILES string of the molecule is C[C@@H]1CN(c2nc3ccccc3nc2SCC(=O)NCc2ccco2)C[C@H](C)O1. The Balaban J connectivity index is 1.52. The molecule has 4 rings (SSSR count). The molecule has 1 aromatic carbocycles. The average molecular weight is 413 g/mol. The lowest BCUT2D eigenvalue weighted by atomic mass is 10.2. The number of thioether (sulfide) groups is 1. The highest BCUT2D eigenvalue weighted by Crippen LogP contribution is 2.30. The molecule has 1 N–H and O–H groups in total. The Kier molecular flexibility index (Phi) is 6.01. The highest BCUT2D eigenvalue weighted by Gasteiger charge is 2.26. The molecule has 0 radical (unpaired) electrons. The molecule has 8 heteroatoms. The van der Waals surface area contributed by atoms with Crippen molar-refractivity contribution < 1.29 is 13.9 Å². The summed E-state index contributed by atoms with van der Waals surface area (Å²) in [6, 6.07) is 11.4. The van der Waals surface area contributed by atoms with Gasteiger partial charge in [-0.1, -0.05) is 23.9 Å². The highest BCUT2D eigenvalue weighted by atomic mass is 32.2. The van der Waals surface area contributed by atoms with Gasteiger partial charge in [-0.05, 0) is 38.1 Å². The molecule has 0 unspecified atom stereocenters. The molecule has 2 atom stereocenters. The number of benzene rings is 1. The van der Waals surface area contributed by atoms with Crippen LogP contribution < -0.4 is 10.2 Å². The number of morpholine rings is 1. The first-order chi connectivity index (χ1) is 14.1. The van der Waals surface area contributed by atoms with Gasteiger partial charge in [0.05, 0.1) is 41.8 Å². The molecule has 0 spiro atoms. The number of hydrogen-bond donors (Lipinski definition) is 1. The minimum Gasteiger partial charge on any atom is -0.467 e. The summed E-state index contributed by atoms with van der Waals surface area (Å²) < 4.78 is 11.1. The maximum atomic E-state index is 12.3. The van der Waals surface area contributed by atoms with Crippen LogP contribution in [-0.2, 0) is 16.1 Å². The van der Waals surface area contributed by atoms with E-state index in [9.17, 15) is 4.79 Å². The van der Waals surface area contributed by atoms with Crippen molar-refractivity contribution in [2.24, 2.45) is 0 Å². The first-order valence-electron chi connectivity index (χ1n) is 9.67. The van der Waals surface area contributed by atoms with Crippen molar-refractivity contribution in [1.29, 1.82) is 0 Å². The maximum absolute atomic E-state index is 12.3. The van der Waals surface area contributed by atoms with Gasteiger partial charge in [0.25, 0.3) is 0 Å². The number of hydrogen-bond acceptors (Lipinski definition) is 7. The molecular formula is C21H24N4O3S. The van der Waals surface area contributed by atoms with Crippen molar-refractivity contribution >= 4 is 34.5 Å². The number of nitrogens with one attached hydrogen (secondary N) is 1. The van der Waals surface area contributed by atoms with Crippen molar-refractivity contribution in [3.63, 3.8) is 0 Å². The first kappa shape index (κ1) is 19.7. The third-order valence-corrected chi connectivity index (χ3v) is 5.57. The predicted octanol–water partition coefficient (Wildman–Crippen LogP) is 3.24. The van der Waals surface area contributed by atoms with E-state index < -0.39 is 0 Å². The predicted molar refractivity (Wildman–Crippen MR) is 113 cm³/mol. The summed E-state index contributed by atoms with van der Waals surface area (Å²) in [4.78, 5) is 24.2. The van der Waals surface area contributed by atoms with Gasteiger partial charge in [-0.25, -0.2) is 9.97 Å². The summed E-state index contributed by atoms with van der Waals surface area (Å²) in [6.45, 7) is 5.99. The van der Waals surface area contributed by atoms with Crippen LogP contribution in [0.2, 0.25) is 0 Å². The molecule has 2 aromatic heterocycles. The molecule has 3 heterocycles. The molecule has 3 aromatic rings. The van der Waals surface area contributed by atoms with Crippen molar-refractivity contribution in [1.82, 2.24) is 15.3 Å². The number of fused-ring (bicyclic) bond motifs is 1. The third-order valence-electron chi connectivity index (χ3n) is 4.62. The molecule has 152 valence electrons. The number of ether oxygens (including phenoxy) is 1. The summed E-state index contributed by atoms with van der Waals surface area (Å²) >= 11 is 1.40. The largest absolute Gasteiger partial charge is 0.467 e. The summed E-state index contributed by atoms with van der Waals surface area (Å²) in [7, 11) is 0. The van der Waals surface area contributed by atoms with Crippen molar-refractivity contribution in [2.45, 2.75) is 37.6 Å². The lowest BCUT2D eigenvalue weighted by Crippen LogP contribution is -2.46. The number of furan rings is 1. The Morgan fingerprint density at radius 2 is 1.86 bits per heavy atom. The number of rotatable bonds is 6. The van der Waals surface area contributed by atoms with Crippen molar-refractivity contribution in [3.8, 4) is 0 Å². The minimum atomic E-state index is -0.0731. The second-order valence-electron chi connectivity index (χ2n) is 7.15. The normalized spacial score (nSPS) is 19.4. The number of anilines is 1. The Hall–Kier alpha value is -2.58. The fraction of sp³-hybridized carbons (Fsp3) is 0.381. The summed E-state index contributed by atoms with van der Waals surface area (Å²) in [5, 5.41) is 3.63. The van der Waals surface area contributed by atoms with E-state index in [2.05, 4.69) is 24.1 Å². The zero-order chi connectivity index (χ0) is 20.2. The van der Waals surface area contributed by atoms with Crippen LogP contribution in [0.15, 0.2) is 52.1 Å². The smallest absolute Gasteiger partial charge is 0.230 e. The average Bonchev–Trinajstić information content (AvgIpc) is 3.23. The number of para-hydroxylation sites is 2. The highest BCUT2D eigenvalue weighted by molar-refractivity contribution is 8.00. The van der Waals surface area contributed by atoms with Crippen LogP contribution in [0.1, 0.15) is 19.6 Å². The molecule has 29 heavy (non-hydrogen) atoms. The molecular weight excluding hydrogens is 388 g/mol. The number of nitrogens with zero attached hydrogens (tertiary/aromatic N) is 3. The molecule has 0 aliphatic carbocycles. The van der Waals surface area contributed by atoms with Gasteiger partial charge in [0.2, 0.25) is 5.91 Å². The molecule has 0 bridgehead atoms. The van der Waals surface area contributed by atoms with Gasteiger partial charge in [0.1, 0.15) is 10.8 Å². The number of carbonyl (C=O) groups is 1. The topological polar surface area (TPSA) is 80.5 Å². The molecule has 1 saturated heterocycles. The monoisotopic (exact) mass is 412 g/mol. The van der Waals surface area contributed by atoms with Gasteiger partial charge in [0, 0.05) is 13.1 Å². The standard InChI is InChI=1S/C21H24N4O3S/c1-14-11-25(12-15(2)28-14)20-21(24-18-8-4-3-7-17(18)23-20)29-13-19(26)22-10-16-6-5-9-27-16/h3-9,14-15H,10-13H2,1-2H3,(H,22,26)/t14-,15+. The van der Waals surface area contributed by atoms with E-state index in [0.717, 1.165) is 40.7 Å². The summed E-state index contributed by atoms with van der Waals surface area (Å²) in [5.41, 5.74) is 1.67. The van der Waals surface area contributed by atoms with Crippen molar-refractivity contribution in [2.75, 3.05) is 23.7 Å². The van der Waals surface area contributed by atoms with E-state index in [-0.39, 0.29) is 23.9 Å². The Morgan fingerprint density at radius 3 is 2.55 bits per heavy atom. The van der Waals surface area contributed by atoms with Gasteiger partial charge in [-0.15, -0.1) is 0 Å². The maximum Gasteiger partial charge on any atom is 0.230 e. The van der Waals surface area contributed by atoms with E-state index in [1.807, 2.05) is 30.3 Å². The van der Waals surface area contributed by atoms with Crippen LogP contribution in [0.4, 0.5) is 5.82 Å². The van der Waals surface area contributed by atoms with Gasteiger partial charge in [-0.3, -0.25) is 4.79 Å². The van der Waals surface area contributed by atoms with Crippen LogP contribution in [0, 0.1) is 0 Å².